The summed E-state index contributed by atoms with van der Waals surface area (Å²) in [6.45, 7) is 8.08. The second-order valence-corrected chi connectivity index (χ2v) is 13.1. The third-order valence-corrected chi connectivity index (χ3v) is 5.87. The molecule has 0 aliphatic rings. The molecule has 1 aromatic heterocycles. The van der Waals surface area contributed by atoms with E-state index < -0.39 is 14.0 Å². The number of aromatic nitrogens is 3. The summed E-state index contributed by atoms with van der Waals surface area (Å²) in [5, 5.41) is 17.5. The summed E-state index contributed by atoms with van der Waals surface area (Å²) in [6.07, 6.45) is 0. The summed E-state index contributed by atoms with van der Waals surface area (Å²) in [4.78, 5) is 11.2. The number of ether oxygens (including phenoxy) is 1. The molecule has 0 spiro atoms. The number of carboxylic acid groups (broad SMARTS) is 1. The van der Waals surface area contributed by atoms with E-state index in [9.17, 15) is 4.79 Å². The number of nitrogens with zero attached hydrogens (tertiary/aromatic N) is 3. The number of aromatic carboxylic acids is 1. The van der Waals surface area contributed by atoms with Crippen LogP contribution in [-0.4, -0.2) is 40.8 Å². The largest absolute Gasteiger partial charge is 0.478 e. The molecule has 0 saturated carbocycles. The van der Waals surface area contributed by atoms with Crippen molar-refractivity contribution in [3.05, 3.63) is 48.0 Å². The van der Waals surface area contributed by atoms with Crippen molar-refractivity contribution in [2.24, 2.45) is 0 Å². The lowest BCUT2D eigenvalue weighted by molar-refractivity contribution is 0.0697. The van der Waals surface area contributed by atoms with E-state index in [0.717, 1.165) is 34.8 Å². The number of fused-ring (bicyclic) bond motifs is 1. The molecule has 0 bridgehead atoms. The zero-order valence-corrected chi connectivity index (χ0v) is 16.3. The van der Waals surface area contributed by atoms with E-state index in [0.29, 0.717) is 6.73 Å². The number of carboxylic acids is 1. The van der Waals surface area contributed by atoms with Crippen LogP contribution in [0.4, 0.5) is 0 Å². The van der Waals surface area contributed by atoms with Crippen molar-refractivity contribution in [3.63, 3.8) is 0 Å². The minimum absolute atomic E-state index is 0.266. The molecule has 0 aliphatic heterocycles. The van der Waals surface area contributed by atoms with E-state index >= 15 is 0 Å². The van der Waals surface area contributed by atoms with Crippen molar-refractivity contribution in [1.29, 1.82) is 0 Å². The van der Waals surface area contributed by atoms with E-state index in [1.54, 1.807) is 22.9 Å². The Hall–Kier alpha value is -2.51. The average Bonchev–Trinajstić information content (AvgIpc) is 3.00. The highest BCUT2D eigenvalue weighted by atomic mass is 28.3. The number of benzene rings is 2. The van der Waals surface area contributed by atoms with Crippen LogP contribution >= 0.6 is 0 Å². The lowest BCUT2D eigenvalue weighted by atomic mass is 10.0. The highest BCUT2D eigenvalue weighted by Gasteiger charge is 2.13. The molecule has 1 heterocycles. The van der Waals surface area contributed by atoms with Crippen LogP contribution in [0, 0.1) is 0 Å². The number of hydrogen-bond acceptors (Lipinski definition) is 4. The third kappa shape index (κ3) is 4.36. The zero-order chi connectivity index (χ0) is 18.7. The Morgan fingerprint density at radius 3 is 2.65 bits per heavy atom. The highest BCUT2D eigenvalue weighted by molar-refractivity contribution is 6.76. The number of carbonyl (C=O) groups is 1. The van der Waals surface area contributed by atoms with E-state index in [2.05, 4.69) is 30.0 Å². The highest BCUT2D eigenvalue weighted by Crippen LogP contribution is 2.24. The van der Waals surface area contributed by atoms with Gasteiger partial charge in [-0.15, -0.1) is 5.10 Å². The van der Waals surface area contributed by atoms with Crippen LogP contribution in [0.1, 0.15) is 10.4 Å². The molecule has 6 nitrogen and oxygen atoms in total. The van der Waals surface area contributed by atoms with Crippen LogP contribution in [0.2, 0.25) is 25.7 Å². The summed E-state index contributed by atoms with van der Waals surface area (Å²) >= 11 is 0. The molecule has 0 radical (unpaired) electrons. The van der Waals surface area contributed by atoms with Gasteiger partial charge in [-0.1, -0.05) is 43.1 Å². The molecule has 26 heavy (non-hydrogen) atoms. The fraction of sp³-hybridized carbons (Fsp3) is 0.316. The Balaban J connectivity index is 1.77. The topological polar surface area (TPSA) is 77.2 Å². The molecule has 3 aromatic rings. The van der Waals surface area contributed by atoms with E-state index in [4.69, 9.17) is 9.84 Å². The van der Waals surface area contributed by atoms with Gasteiger partial charge in [-0.25, -0.2) is 9.48 Å². The van der Waals surface area contributed by atoms with Crippen LogP contribution in [-0.2, 0) is 11.5 Å². The molecule has 0 amide bonds. The average molecular weight is 369 g/mol. The van der Waals surface area contributed by atoms with Crippen molar-refractivity contribution in [2.75, 3.05) is 6.61 Å². The first-order valence-corrected chi connectivity index (χ1v) is 12.3. The van der Waals surface area contributed by atoms with Crippen molar-refractivity contribution in [2.45, 2.75) is 32.4 Å². The summed E-state index contributed by atoms with van der Waals surface area (Å²) in [5.74, 6) is -0.936. The Morgan fingerprint density at radius 2 is 1.92 bits per heavy atom. The molecule has 3 rings (SSSR count). The van der Waals surface area contributed by atoms with Crippen molar-refractivity contribution in [1.82, 2.24) is 15.0 Å². The van der Waals surface area contributed by atoms with Gasteiger partial charge in [0.1, 0.15) is 12.2 Å². The van der Waals surface area contributed by atoms with Gasteiger partial charge < -0.3 is 9.84 Å². The van der Waals surface area contributed by atoms with E-state index in [-0.39, 0.29) is 5.56 Å². The first kappa shape index (κ1) is 18.3. The second-order valence-electron chi connectivity index (χ2n) is 7.53. The van der Waals surface area contributed by atoms with Crippen molar-refractivity contribution >= 4 is 25.1 Å². The van der Waals surface area contributed by atoms with E-state index in [1.807, 2.05) is 24.3 Å². The molecular formula is C19H23N3O3Si. The smallest absolute Gasteiger partial charge is 0.335 e. The summed E-state index contributed by atoms with van der Waals surface area (Å²) in [7, 11) is -1.10. The molecule has 0 saturated heterocycles. The van der Waals surface area contributed by atoms with Gasteiger partial charge in [-0.05, 0) is 41.4 Å². The molecule has 1 N–H and O–H groups in total. The van der Waals surface area contributed by atoms with Gasteiger partial charge in [-0.3, -0.25) is 0 Å². The van der Waals surface area contributed by atoms with Crippen molar-refractivity contribution < 1.29 is 14.6 Å². The summed E-state index contributed by atoms with van der Waals surface area (Å²) < 4.78 is 7.50. The number of hydrogen-bond donors (Lipinski definition) is 1. The Morgan fingerprint density at radius 1 is 1.15 bits per heavy atom. The first-order chi connectivity index (χ1) is 12.3. The van der Waals surface area contributed by atoms with Gasteiger partial charge in [-0.2, -0.15) is 0 Å². The summed E-state index contributed by atoms with van der Waals surface area (Å²) in [5.41, 5.74) is 3.68. The maximum absolute atomic E-state index is 11.2. The molecule has 7 heteroatoms. The van der Waals surface area contributed by atoms with Gasteiger partial charge in [0.05, 0.1) is 11.1 Å². The first-order valence-electron chi connectivity index (χ1n) is 8.58. The van der Waals surface area contributed by atoms with Crippen LogP contribution in [0.3, 0.4) is 0 Å². The van der Waals surface area contributed by atoms with Gasteiger partial charge in [0.25, 0.3) is 0 Å². The fourth-order valence-corrected chi connectivity index (χ4v) is 3.36. The molecule has 0 atom stereocenters. The number of rotatable bonds is 7. The quantitative estimate of drug-likeness (QED) is 0.501. The predicted molar refractivity (Wildman–Crippen MR) is 104 cm³/mol. The van der Waals surface area contributed by atoms with Crippen LogP contribution in [0.5, 0.6) is 0 Å². The van der Waals surface area contributed by atoms with Gasteiger partial charge in [0.2, 0.25) is 0 Å². The molecule has 0 fully saturated rings. The Labute approximate surface area is 153 Å². The molecule has 136 valence electrons. The SMILES string of the molecule is C[Si](C)(C)CCOCn1nnc2cc(-c3cccc(C(=O)O)c3)ccc21. The monoisotopic (exact) mass is 369 g/mol. The van der Waals surface area contributed by atoms with Gasteiger partial charge in [0.15, 0.2) is 0 Å². The Kier molecular flexibility index (Phi) is 5.20. The predicted octanol–water partition coefficient (Wildman–Crippen LogP) is 4.11. The van der Waals surface area contributed by atoms with Crippen LogP contribution < -0.4 is 0 Å². The Bertz CT molecular complexity index is 931. The lowest BCUT2D eigenvalue weighted by Gasteiger charge is -2.15. The normalized spacial score (nSPS) is 11.8. The minimum atomic E-state index is -1.10. The lowest BCUT2D eigenvalue weighted by Crippen LogP contribution is -2.22. The molecule has 2 aromatic carbocycles. The maximum Gasteiger partial charge on any atom is 0.335 e. The minimum Gasteiger partial charge on any atom is -0.478 e. The van der Waals surface area contributed by atoms with Gasteiger partial charge >= 0.3 is 5.97 Å². The van der Waals surface area contributed by atoms with Crippen LogP contribution in [0.15, 0.2) is 42.5 Å². The van der Waals surface area contributed by atoms with Crippen LogP contribution in [0.25, 0.3) is 22.2 Å². The zero-order valence-electron chi connectivity index (χ0n) is 15.3. The van der Waals surface area contributed by atoms with E-state index in [1.165, 1.54) is 0 Å². The molecular weight excluding hydrogens is 346 g/mol. The van der Waals surface area contributed by atoms with Crippen molar-refractivity contribution in [3.8, 4) is 11.1 Å². The maximum atomic E-state index is 11.2. The third-order valence-electron chi connectivity index (χ3n) is 4.17. The summed E-state index contributed by atoms with van der Waals surface area (Å²) in [6, 6.07) is 13.8. The fourth-order valence-electron chi connectivity index (χ4n) is 2.61. The van der Waals surface area contributed by atoms with Gasteiger partial charge in [0, 0.05) is 14.7 Å². The molecule has 0 unspecified atom stereocenters. The standard InChI is InChI=1S/C19H23N3O3Si/c1-26(2,3)10-9-25-13-22-18-8-7-15(12-17(18)20-21-22)14-5-4-6-16(11-14)19(23)24/h4-8,11-12H,9-10,13H2,1-3H3,(H,23,24). The molecule has 0 aliphatic carbocycles. The second kappa shape index (κ2) is 7.39.